The molecule has 0 aliphatic carbocycles. The average molecular weight is 819 g/mol. The molecule has 0 bridgehead atoms. The van der Waals surface area contributed by atoms with Crippen molar-refractivity contribution >= 4 is 72.4 Å². The van der Waals surface area contributed by atoms with Crippen LogP contribution >= 0.6 is 0 Å². The van der Waals surface area contributed by atoms with Crippen LogP contribution in [0.4, 0.5) is 0 Å². The van der Waals surface area contributed by atoms with Crippen LogP contribution in [-0.4, -0.2) is 17.2 Å². The van der Waals surface area contributed by atoms with Crippen molar-refractivity contribution in [1.82, 2.24) is 9.13 Å². The van der Waals surface area contributed by atoms with Crippen molar-refractivity contribution < 1.29 is 0 Å². The maximum Gasteiger partial charge on any atom is 0.180 e. The van der Waals surface area contributed by atoms with E-state index in [2.05, 4.69) is 264 Å². The van der Waals surface area contributed by atoms with E-state index in [4.69, 9.17) is 0 Å². The van der Waals surface area contributed by atoms with Crippen molar-refractivity contribution in [3.05, 3.63) is 255 Å². The van der Waals surface area contributed by atoms with Gasteiger partial charge in [0.2, 0.25) is 0 Å². The van der Waals surface area contributed by atoms with Gasteiger partial charge in [-0.15, -0.1) is 0 Å². The molecule has 63 heavy (non-hydrogen) atoms. The molecule has 296 valence electrons. The monoisotopic (exact) mass is 818 g/mol. The number of fused-ring (bicyclic) bond motifs is 6. The Labute approximate surface area is 368 Å². The van der Waals surface area contributed by atoms with Crippen molar-refractivity contribution in [1.29, 1.82) is 0 Å². The van der Waals surface area contributed by atoms with Crippen LogP contribution in [0.5, 0.6) is 0 Å². The summed E-state index contributed by atoms with van der Waals surface area (Å²) in [5.41, 5.74) is 11.8. The van der Waals surface area contributed by atoms with Crippen molar-refractivity contribution in [2.75, 3.05) is 0 Å². The van der Waals surface area contributed by atoms with Gasteiger partial charge in [-0.3, -0.25) is 0 Å². The fraction of sp³-hybridized carbons (Fsp3) is 0. The smallest absolute Gasteiger partial charge is 0.180 e. The maximum absolute atomic E-state index is 2.89. The van der Waals surface area contributed by atoms with Gasteiger partial charge in [0.05, 0.1) is 27.8 Å². The van der Waals surface area contributed by atoms with Crippen LogP contribution in [0.25, 0.3) is 77.2 Å². The number of nitrogens with zero attached hydrogens (tertiary/aromatic N) is 2. The highest BCUT2D eigenvalue weighted by Crippen LogP contribution is 2.40. The lowest BCUT2D eigenvalue weighted by molar-refractivity contribution is 1.13. The van der Waals surface area contributed by atoms with Crippen LogP contribution in [0.1, 0.15) is 0 Å². The van der Waals surface area contributed by atoms with Crippen LogP contribution < -0.4 is 20.7 Å². The molecular formula is C60H42N2Si. The Bertz CT molecular complexity index is 3490. The van der Waals surface area contributed by atoms with Crippen LogP contribution in [0.15, 0.2) is 255 Å². The van der Waals surface area contributed by atoms with Gasteiger partial charge in [0.1, 0.15) is 0 Å². The standard InChI is InChI=1S/C60H42N2Si/c1-5-20-43(21-6-1)44-38-40-45(41-39-44)46-22-17-23-47(42-46)61-54-33-15-13-30-51(54)52-32-18-36-57(60(52)61)62-55-34-16-14-31-53(55)59-56(62)35-19-37-58(59)63(48-24-7-2-8-25-48,49-26-9-3-10-27-49)50-28-11-4-12-29-50/h1-42H. The third-order valence-corrected chi connectivity index (χ3v) is 17.9. The Balaban J connectivity index is 1.14. The molecule has 0 aliphatic rings. The predicted molar refractivity (Wildman–Crippen MR) is 270 cm³/mol. The summed E-state index contributed by atoms with van der Waals surface area (Å²) in [5, 5.41) is 10.5. The molecule has 3 heteroatoms. The van der Waals surface area contributed by atoms with Crippen molar-refractivity contribution in [3.8, 4) is 33.6 Å². The number of hydrogen-bond donors (Lipinski definition) is 0. The molecule has 0 atom stereocenters. The minimum Gasteiger partial charge on any atom is -0.307 e. The van der Waals surface area contributed by atoms with E-state index >= 15 is 0 Å². The number of hydrogen-bond acceptors (Lipinski definition) is 0. The number of benzene rings is 10. The fourth-order valence-electron chi connectivity index (χ4n) is 10.4. The van der Waals surface area contributed by atoms with Crippen molar-refractivity contribution in [2.45, 2.75) is 0 Å². The van der Waals surface area contributed by atoms with Crippen LogP contribution in [0.2, 0.25) is 0 Å². The molecule has 2 nitrogen and oxygen atoms in total. The first-order chi connectivity index (χ1) is 31.3. The predicted octanol–water partition coefficient (Wildman–Crippen LogP) is 12.6. The summed E-state index contributed by atoms with van der Waals surface area (Å²) < 4.78 is 5.03. The molecule has 0 radical (unpaired) electrons. The Morgan fingerprint density at radius 1 is 0.286 bits per heavy atom. The van der Waals surface area contributed by atoms with Gasteiger partial charge in [-0.25, -0.2) is 0 Å². The molecule has 12 aromatic rings. The molecule has 0 N–H and O–H groups in total. The summed E-state index contributed by atoms with van der Waals surface area (Å²) in [5.74, 6) is 0. The molecule has 10 aromatic carbocycles. The largest absolute Gasteiger partial charge is 0.307 e. The zero-order valence-electron chi connectivity index (χ0n) is 34.6. The number of aromatic nitrogens is 2. The maximum atomic E-state index is 2.54. The summed E-state index contributed by atoms with van der Waals surface area (Å²) in [4.78, 5) is 0. The number of rotatable bonds is 8. The van der Waals surface area contributed by atoms with Crippen LogP contribution in [-0.2, 0) is 0 Å². The summed E-state index contributed by atoms with van der Waals surface area (Å²) in [6.07, 6.45) is 0. The zero-order chi connectivity index (χ0) is 41.7. The highest BCUT2D eigenvalue weighted by Gasteiger charge is 2.43. The van der Waals surface area contributed by atoms with E-state index < -0.39 is 8.07 Å². The Morgan fingerprint density at radius 3 is 1.37 bits per heavy atom. The first kappa shape index (κ1) is 36.8. The Hall–Kier alpha value is -7.98. The van der Waals surface area contributed by atoms with Crippen molar-refractivity contribution in [2.24, 2.45) is 0 Å². The minimum atomic E-state index is -2.89. The van der Waals surface area contributed by atoms with E-state index in [0.29, 0.717) is 0 Å². The lowest BCUT2D eigenvalue weighted by Crippen LogP contribution is -2.74. The average Bonchev–Trinajstić information content (AvgIpc) is 3.89. The van der Waals surface area contributed by atoms with Gasteiger partial charge < -0.3 is 9.13 Å². The molecule has 12 rings (SSSR count). The lowest BCUT2D eigenvalue weighted by Gasteiger charge is -2.35. The van der Waals surface area contributed by atoms with Gasteiger partial charge in [0.25, 0.3) is 0 Å². The second kappa shape index (κ2) is 15.2. The molecular weight excluding hydrogens is 777 g/mol. The summed E-state index contributed by atoms with van der Waals surface area (Å²) in [7, 11) is -2.89. The molecule has 0 amide bonds. The first-order valence-corrected chi connectivity index (χ1v) is 23.8. The quantitative estimate of drug-likeness (QED) is 0.107. The molecule has 0 aliphatic heterocycles. The molecule has 2 aromatic heterocycles. The molecule has 0 unspecified atom stereocenters. The molecule has 0 fully saturated rings. The summed E-state index contributed by atoms with van der Waals surface area (Å²) in [6, 6.07) is 94.2. The molecule has 0 saturated carbocycles. The SMILES string of the molecule is c1ccc(-c2ccc(-c3cccc(-n4c5ccccc5c5cccc(-n6c7ccccc7c7c([Si](c8ccccc8)(c8ccccc8)c8ccccc8)cccc76)c54)c3)cc2)cc1. The van der Waals surface area contributed by atoms with E-state index in [0.717, 1.165) is 11.4 Å². The van der Waals surface area contributed by atoms with Gasteiger partial charge in [0.15, 0.2) is 8.07 Å². The van der Waals surface area contributed by atoms with Gasteiger partial charge >= 0.3 is 0 Å². The van der Waals surface area contributed by atoms with E-state index in [1.807, 2.05) is 0 Å². The highest BCUT2D eigenvalue weighted by atomic mass is 28.3. The lowest BCUT2D eigenvalue weighted by atomic mass is 10.00. The van der Waals surface area contributed by atoms with Gasteiger partial charge in [-0.1, -0.05) is 218 Å². The summed E-state index contributed by atoms with van der Waals surface area (Å²) in [6.45, 7) is 0. The third kappa shape index (κ3) is 5.85. The van der Waals surface area contributed by atoms with Crippen LogP contribution in [0, 0.1) is 0 Å². The fourth-order valence-corrected chi connectivity index (χ4v) is 15.4. The third-order valence-electron chi connectivity index (χ3n) is 13.1. The van der Waals surface area contributed by atoms with Gasteiger partial charge in [-0.05, 0) is 79.4 Å². The van der Waals surface area contributed by atoms with E-state index in [-0.39, 0.29) is 0 Å². The Kier molecular flexibility index (Phi) is 8.87. The minimum absolute atomic E-state index is 1.13. The zero-order valence-corrected chi connectivity index (χ0v) is 35.6. The normalized spacial score (nSPS) is 11.8. The second-order valence-electron chi connectivity index (χ2n) is 16.4. The molecule has 2 heterocycles. The Morgan fingerprint density at radius 2 is 0.730 bits per heavy atom. The van der Waals surface area contributed by atoms with E-state index in [1.165, 1.54) is 86.6 Å². The van der Waals surface area contributed by atoms with Crippen LogP contribution in [0.3, 0.4) is 0 Å². The van der Waals surface area contributed by atoms with E-state index in [9.17, 15) is 0 Å². The molecule has 0 spiro atoms. The number of para-hydroxylation sites is 3. The van der Waals surface area contributed by atoms with Crippen molar-refractivity contribution in [3.63, 3.8) is 0 Å². The first-order valence-electron chi connectivity index (χ1n) is 21.8. The second-order valence-corrected chi connectivity index (χ2v) is 20.2. The van der Waals surface area contributed by atoms with Gasteiger partial charge in [-0.2, -0.15) is 0 Å². The van der Waals surface area contributed by atoms with Gasteiger partial charge in [0, 0.05) is 27.2 Å². The molecule has 0 saturated heterocycles. The van der Waals surface area contributed by atoms with E-state index in [1.54, 1.807) is 0 Å². The highest BCUT2D eigenvalue weighted by molar-refractivity contribution is 7.20. The summed E-state index contributed by atoms with van der Waals surface area (Å²) >= 11 is 0. The topological polar surface area (TPSA) is 9.86 Å².